The Hall–Kier alpha value is -3.01. The minimum Gasteiger partial charge on any atom is -0.504 e. The van der Waals surface area contributed by atoms with Crippen molar-refractivity contribution >= 4 is 34.2 Å². The molecule has 126 valence electrons. The lowest BCUT2D eigenvalue weighted by Crippen LogP contribution is -1.96. The molecule has 0 unspecified atom stereocenters. The van der Waals surface area contributed by atoms with Gasteiger partial charge in [0.15, 0.2) is 17.3 Å². The van der Waals surface area contributed by atoms with Crippen LogP contribution < -0.4 is 10.2 Å². The van der Waals surface area contributed by atoms with Crippen LogP contribution in [0.2, 0.25) is 0 Å². The number of carbonyl (C=O) groups is 1. The number of hydrazone groups is 1. The van der Waals surface area contributed by atoms with Crippen molar-refractivity contribution in [2.75, 3.05) is 12.5 Å². The molecule has 2 aromatic rings. The van der Waals surface area contributed by atoms with E-state index in [1.54, 1.807) is 6.92 Å². The number of ketones is 1. The van der Waals surface area contributed by atoms with E-state index >= 15 is 0 Å². The van der Waals surface area contributed by atoms with E-state index in [0.29, 0.717) is 15.7 Å². The van der Waals surface area contributed by atoms with Crippen molar-refractivity contribution in [2.24, 2.45) is 5.10 Å². The molecule has 0 saturated carbocycles. The number of hydrogen-bond donors (Lipinski definition) is 2. The summed E-state index contributed by atoms with van der Waals surface area (Å²) in [5.41, 5.74) is 3.08. The topological polar surface area (TPSA) is 127 Å². The van der Waals surface area contributed by atoms with E-state index in [9.17, 15) is 20.0 Å². The first-order chi connectivity index (χ1) is 11.3. The molecule has 0 aliphatic carbocycles. The molecule has 0 spiro atoms. The van der Waals surface area contributed by atoms with Crippen LogP contribution in [0.4, 0.5) is 10.8 Å². The van der Waals surface area contributed by atoms with Crippen LogP contribution >= 0.6 is 11.3 Å². The number of thiazole rings is 1. The molecule has 0 amide bonds. The number of nitrogens with zero attached hydrogens (tertiary/aromatic N) is 3. The number of methoxy groups -OCH3 is 1. The van der Waals surface area contributed by atoms with Gasteiger partial charge in [-0.3, -0.25) is 20.3 Å². The van der Waals surface area contributed by atoms with E-state index in [1.807, 2.05) is 0 Å². The van der Waals surface area contributed by atoms with Crippen molar-refractivity contribution in [1.29, 1.82) is 0 Å². The maximum Gasteiger partial charge on any atom is 0.274 e. The number of hydrogen-bond acceptors (Lipinski definition) is 9. The number of carbonyl (C=O) groups excluding carboxylic acids is 1. The molecular weight excluding hydrogens is 336 g/mol. The van der Waals surface area contributed by atoms with Crippen LogP contribution in [0.3, 0.4) is 0 Å². The molecule has 0 bridgehead atoms. The number of ether oxygens (including phenoxy) is 1. The summed E-state index contributed by atoms with van der Waals surface area (Å²) in [7, 11) is 1.29. The van der Waals surface area contributed by atoms with Gasteiger partial charge in [0.05, 0.1) is 34.9 Å². The second-order valence-corrected chi connectivity index (χ2v) is 5.70. The minimum absolute atomic E-state index is 0.0328. The van der Waals surface area contributed by atoms with E-state index in [4.69, 9.17) is 4.74 Å². The van der Waals surface area contributed by atoms with Gasteiger partial charge in [-0.15, -0.1) is 0 Å². The van der Waals surface area contributed by atoms with Crippen molar-refractivity contribution in [3.8, 4) is 11.5 Å². The summed E-state index contributed by atoms with van der Waals surface area (Å²) in [5, 5.41) is 25.2. The van der Waals surface area contributed by atoms with Crippen LogP contribution in [0.1, 0.15) is 27.9 Å². The minimum atomic E-state index is -0.601. The molecule has 1 aromatic heterocycles. The Kier molecular flexibility index (Phi) is 5.09. The zero-order valence-electron chi connectivity index (χ0n) is 13.1. The molecular formula is C14H14N4O5S. The van der Waals surface area contributed by atoms with Crippen molar-refractivity contribution in [3.63, 3.8) is 0 Å². The summed E-state index contributed by atoms with van der Waals surface area (Å²) in [4.78, 5) is 26.3. The molecule has 0 radical (unpaired) electrons. The molecule has 0 saturated heterocycles. The number of nitrogens with one attached hydrogen (secondary N) is 1. The van der Waals surface area contributed by atoms with Crippen molar-refractivity contribution in [2.45, 2.75) is 13.8 Å². The highest BCUT2D eigenvalue weighted by Gasteiger charge is 2.16. The van der Waals surface area contributed by atoms with Crippen LogP contribution in [0, 0.1) is 17.0 Å². The van der Waals surface area contributed by atoms with Gasteiger partial charge in [-0.1, -0.05) is 11.3 Å². The second kappa shape index (κ2) is 7.04. The number of aryl methyl sites for hydroxylation is 1. The number of anilines is 1. The van der Waals surface area contributed by atoms with Gasteiger partial charge < -0.3 is 9.84 Å². The molecule has 2 N–H and O–H groups in total. The van der Waals surface area contributed by atoms with Crippen molar-refractivity contribution < 1.29 is 19.6 Å². The molecule has 1 heterocycles. The van der Waals surface area contributed by atoms with Gasteiger partial charge in [0, 0.05) is 18.6 Å². The highest BCUT2D eigenvalue weighted by Crippen LogP contribution is 2.33. The summed E-state index contributed by atoms with van der Waals surface area (Å²) in [6.07, 6.45) is 1.20. The quantitative estimate of drug-likeness (QED) is 0.355. The summed E-state index contributed by atoms with van der Waals surface area (Å²) >= 11 is 1.14. The Labute approximate surface area is 140 Å². The first kappa shape index (κ1) is 17.3. The molecule has 0 fully saturated rings. The van der Waals surface area contributed by atoms with Gasteiger partial charge in [0.1, 0.15) is 0 Å². The maximum atomic E-state index is 11.4. The molecule has 1 aromatic carbocycles. The second-order valence-electron chi connectivity index (χ2n) is 4.70. The Bertz CT molecular complexity index is 831. The van der Waals surface area contributed by atoms with Crippen LogP contribution in [0.25, 0.3) is 0 Å². The number of aromatic nitrogens is 1. The summed E-state index contributed by atoms with van der Waals surface area (Å²) in [5.74, 6) is -0.397. The highest BCUT2D eigenvalue weighted by molar-refractivity contribution is 7.17. The molecule has 0 aliphatic heterocycles. The summed E-state index contributed by atoms with van der Waals surface area (Å²) in [6, 6.07) is 2.28. The van der Waals surface area contributed by atoms with Crippen LogP contribution in [-0.2, 0) is 0 Å². The lowest BCUT2D eigenvalue weighted by Gasteiger charge is -2.05. The number of Topliss-reactive ketones (excluding diaryl/α,β-unsaturated/α-hetero) is 1. The number of nitro benzene ring substituents is 1. The fourth-order valence-corrected chi connectivity index (χ4v) is 2.71. The third-order valence-electron chi connectivity index (χ3n) is 3.00. The highest BCUT2D eigenvalue weighted by atomic mass is 32.1. The third-order valence-corrected chi connectivity index (χ3v) is 4.16. The van der Waals surface area contributed by atoms with E-state index in [1.165, 1.54) is 20.2 Å². The molecule has 10 heteroatoms. The first-order valence-corrected chi connectivity index (χ1v) is 7.48. The van der Waals surface area contributed by atoms with E-state index in [0.717, 1.165) is 23.5 Å². The Balaban J connectivity index is 2.25. The van der Waals surface area contributed by atoms with Gasteiger partial charge in [-0.25, -0.2) is 4.98 Å². The molecule has 24 heavy (non-hydrogen) atoms. The normalized spacial score (nSPS) is 10.8. The zero-order chi connectivity index (χ0) is 17.9. The van der Waals surface area contributed by atoms with Crippen molar-refractivity contribution in [3.05, 3.63) is 38.4 Å². The number of benzene rings is 1. The number of non-ortho nitro benzene ring substituents is 1. The fraction of sp³-hybridized carbons (Fsp3) is 0.214. The Morgan fingerprint density at radius 2 is 2.25 bits per heavy atom. The SMILES string of the molecule is COc1cc([N+](=O)[O-])cc(/C=N/Nc2nc(C)c(C(C)=O)s2)c1O. The smallest absolute Gasteiger partial charge is 0.274 e. The van der Waals surface area contributed by atoms with Gasteiger partial charge in [0.25, 0.3) is 5.69 Å². The molecule has 2 rings (SSSR count). The summed E-state index contributed by atoms with van der Waals surface area (Å²) in [6.45, 7) is 3.15. The van der Waals surface area contributed by atoms with Gasteiger partial charge in [-0.05, 0) is 6.92 Å². The average molecular weight is 350 g/mol. The first-order valence-electron chi connectivity index (χ1n) is 6.66. The van der Waals surface area contributed by atoms with Crippen LogP contribution in [0.15, 0.2) is 17.2 Å². The Morgan fingerprint density at radius 3 is 2.79 bits per heavy atom. The molecule has 0 aliphatic rings. The lowest BCUT2D eigenvalue weighted by atomic mass is 10.2. The van der Waals surface area contributed by atoms with E-state index in [-0.39, 0.29) is 28.5 Å². The van der Waals surface area contributed by atoms with Gasteiger partial charge in [0.2, 0.25) is 5.13 Å². The van der Waals surface area contributed by atoms with Gasteiger partial charge >= 0.3 is 0 Å². The average Bonchev–Trinajstić information content (AvgIpc) is 2.89. The Morgan fingerprint density at radius 1 is 1.54 bits per heavy atom. The van der Waals surface area contributed by atoms with Crippen LogP contribution in [-0.4, -0.2) is 34.1 Å². The number of aromatic hydroxyl groups is 1. The lowest BCUT2D eigenvalue weighted by molar-refractivity contribution is -0.385. The standard InChI is InChI=1S/C14H14N4O5S/c1-7-13(8(2)19)24-14(16-7)17-15-6-9-4-10(18(21)22)5-11(23-3)12(9)20/h4-6,20H,1-3H3,(H,16,17)/b15-6+. The van der Waals surface area contributed by atoms with Crippen LogP contribution in [0.5, 0.6) is 11.5 Å². The monoisotopic (exact) mass is 350 g/mol. The molecule has 9 nitrogen and oxygen atoms in total. The van der Waals surface area contributed by atoms with E-state index < -0.39 is 4.92 Å². The molecule has 0 atom stereocenters. The number of phenols is 1. The maximum absolute atomic E-state index is 11.4. The zero-order valence-corrected chi connectivity index (χ0v) is 13.9. The predicted molar refractivity (Wildman–Crippen MR) is 89.4 cm³/mol. The predicted octanol–water partition coefficient (Wildman–Crippen LogP) is 2.72. The van der Waals surface area contributed by atoms with Gasteiger partial charge in [-0.2, -0.15) is 5.10 Å². The largest absolute Gasteiger partial charge is 0.504 e. The summed E-state index contributed by atoms with van der Waals surface area (Å²) < 4.78 is 4.90. The van der Waals surface area contributed by atoms with E-state index in [2.05, 4.69) is 15.5 Å². The number of rotatable bonds is 6. The number of phenolic OH excluding ortho intramolecular Hbond substituents is 1. The third kappa shape index (κ3) is 3.66. The van der Waals surface area contributed by atoms with Crippen molar-refractivity contribution in [1.82, 2.24) is 4.98 Å². The number of nitro groups is 1. The fourth-order valence-electron chi connectivity index (χ4n) is 1.90.